The Morgan fingerprint density at radius 3 is 2.41 bits per heavy atom. The molecule has 0 amide bonds. The third kappa shape index (κ3) is 7.84. The molecule has 0 unspecified atom stereocenters. The van der Waals surface area contributed by atoms with E-state index in [0.29, 0.717) is 6.04 Å². The van der Waals surface area contributed by atoms with Gasteiger partial charge < -0.3 is 10.6 Å². The summed E-state index contributed by atoms with van der Waals surface area (Å²) in [5.74, 6) is 1.88. The van der Waals surface area contributed by atoms with E-state index in [1.54, 1.807) is 0 Å². The number of nitrogens with one attached hydrogen (secondary N) is 2. The molecular formula is C13H28IN3. The highest BCUT2D eigenvalue weighted by atomic mass is 127. The van der Waals surface area contributed by atoms with E-state index in [2.05, 4.69) is 29.5 Å². The number of hydrogen-bond acceptors (Lipinski definition) is 1. The minimum atomic E-state index is 0. The lowest BCUT2D eigenvalue weighted by atomic mass is 9.87. The van der Waals surface area contributed by atoms with Gasteiger partial charge in [-0.1, -0.05) is 32.1 Å². The van der Waals surface area contributed by atoms with Crippen LogP contribution in [0, 0.1) is 5.92 Å². The first-order valence-corrected chi connectivity index (χ1v) is 6.69. The predicted molar refractivity (Wildman–Crippen MR) is 86.2 cm³/mol. The minimum Gasteiger partial charge on any atom is -0.356 e. The van der Waals surface area contributed by atoms with Crippen molar-refractivity contribution in [3.63, 3.8) is 0 Å². The standard InChI is InChI=1S/C13H27N3.HI/c1-11(2)16-13(14-3)15-10-9-12-7-5-4-6-8-12;/h11-12H,4-10H2,1-3H3,(H2,14,15,16);1H. The van der Waals surface area contributed by atoms with E-state index < -0.39 is 0 Å². The van der Waals surface area contributed by atoms with Crippen LogP contribution in [-0.4, -0.2) is 25.6 Å². The molecule has 0 spiro atoms. The molecule has 0 aromatic carbocycles. The Morgan fingerprint density at radius 1 is 1.24 bits per heavy atom. The highest BCUT2D eigenvalue weighted by Crippen LogP contribution is 2.25. The van der Waals surface area contributed by atoms with Crippen molar-refractivity contribution in [2.24, 2.45) is 10.9 Å². The van der Waals surface area contributed by atoms with Crippen molar-refractivity contribution in [2.75, 3.05) is 13.6 Å². The monoisotopic (exact) mass is 353 g/mol. The van der Waals surface area contributed by atoms with Crippen molar-refractivity contribution in [1.82, 2.24) is 10.6 Å². The van der Waals surface area contributed by atoms with E-state index in [1.807, 2.05) is 7.05 Å². The van der Waals surface area contributed by atoms with Crippen molar-refractivity contribution >= 4 is 29.9 Å². The fourth-order valence-corrected chi connectivity index (χ4v) is 2.34. The zero-order valence-corrected chi connectivity index (χ0v) is 13.8. The van der Waals surface area contributed by atoms with Gasteiger partial charge in [0.25, 0.3) is 0 Å². The van der Waals surface area contributed by atoms with Gasteiger partial charge in [-0.05, 0) is 26.2 Å². The molecule has 3 nitrogen and oxygen atoms in total. The van der Waals surface area contributed by atoms with Gasteiger partial charge in [0.2, 0.25) is 0 Å². The van der Waals surface area contributed by atoms with E-state index in [4.69, 9.17) is 0 Å². The molecule has 0 heterocycles. The molecule has 1 saturated carbocycles. The average Bonchev–Trinajstić information content (AvgIpc) is 2.28. The molecule has 4 heteroatoms. The second-order valence-corrected chi connectivity index (χ2v) is 5.09. The summed E-state index contributed by atoms with van der Waals surface area (Å²) in [4.78, 5) is 4.21. The van der Waals surface area contributed by atoms with E-state index in [-0.39, 0.29) is 24.0 Å². The summed E-state index contributed by atoms with van der Waals surface area (Å²) in [7, 11) is 1.83. The summed E-state index contributed by atoms with van der Waals surface area (Å²) >= 11 is 0. The number of hydrogen-bond donors (Lipinski definition) is 2. The van der Waals surface area contributed by atoms with Crippen LogP contribution in [-0.2, 0) is 0 Å². The third-order valence-electron chi connectivity index (χ3n) is 3.22. The highest BCUT2D eigenvalue weighted by molar-refractivity contribution is 14.0. The van der Waals surface area contributed by atoms with Crippen molar-refractivity contribution in [2.45, 2.75) is 58.4 Å². The normalized spacial score (nSPS) is 17.8. The molecule has 0 bridgehead atoms. The van der Waals surface area contributed by atoms with Crippen molar-refractivity contribution in [3.8, 4) is 0 Å². The Labute approximate surface area is 123 Å². The molecule has 2 N–H and O–H groups in total. The number of rotatable bonds is 4. The number of halogens is 1. The first kappa shape index (κ1) is 17.0. The summed E-state index contributed by atoms with van der Waals surface area (Å²) < 4.78 is 0. The van der Waals surface area contributed by atoms with E-state index in [1.165, 1.54) is 38.5 Å². The zero-order chi connectivity index (χ0) is 11.8. The zero-order valence-electron chi connectivity index (χ0n) is 11.5. The molecule has 1 aliphatic carbocycles. The fraction of sp³-hybridized carbons (Fsp3) is 0.923. The maximum absolute atomic E-state index is 4.21. The number of guanidine groups is 1. The molecule has 1 rings (SSSR count). The van der Waals surface area contributed by atoms with Gasteiger partial charge in [-0.3, -0.25) is 4.99 Å². The molecule has 1 fully saturated rings. The van der Waals surface area contributed by atoms with Crippen LogP contribution in [0.4, 0.5) is 0 Å². The Balaban J connectivity index is 0.00000256. The molecule has 0 radical (unpaired) electrons. The van der Waals surface area contributed by atoms with E-state index in [0.717, 1.165) is 18.4 Å². The lowest BCUT2D eigenvalue weighted by molar-refractivity contribution is 0.339. The highest BCUT2D eigenvalue weighted by Gasteiger charge is 2.12. The Morgan fingerprint density at radius 2 is 1.88 bits per heavy atom. The van der Waals surface area contributed by atoms with Crippen LogP contribution in [0.1, 0.15) is 52.4 Å². The van der Waals surface area contributed by atoms with Gasteiger partial charge in [0, 0.05) is 19.6 Å². The molecule has 0 saturated heterocycles. The van der Waals surface area contributed by atoms with Crippen molar-refractivity contribution < 1.29 is 0 Å². The average molecular weight is 353 g/mol. The minimum absolute atomic E-state index is 0. The molecule has 0 aliphatic heterocycles. The maximum atomic E-state index is 4.21. The van der Waals surface area contributed by atoms with Crippen LogP contribution < -0.4 is 10.6 Å². The molecule has 0 aromatic rings. The summed E-state index contributed by atoms with van der Waals surface area (Å²) in [5.41, 5.74) is 0. The lowest BCUT2D eigenvalue weighted by Gasteiger charge is -2.22. The van der Waals surface area contributed by atoms with Gasteiger partial charge in [0.05, 0.1) is 0 Å². The van der Waals surface area contributed by atoms with E-state index in [9.17, 15) is 0 Å². The van der Waals surface area contributed by atoms with Gasteiger partial charge in [-0.25, -0.2) is 0 Å². The topological polar surface area (TPSA) is 36.4 Å². The van der Waals surface area contributed by atoms with Crippen molar-refractivity contribution in [1.29, 1.82) is 0 Å². The van der Waals surface area contributed by atoms with Crippen LogP contribution in [0.2, 0.25) is 0 Å². The summed E-state index contributed by atoms with van der Waals surface area (Å²) in [6.07, 6.45) is 8.46. The number of aliphatic imine (C=N–C) groups is 1. The van der Waals surface area contributed by atoms with E-state index >= 15 is 0 Å². The van der Waals surface area contributed by atoms with Gasteiger partial charge in [-0.2, -0.15) is 0 Å². The van der Waals surface area contributed by atoms with Crippen LogP contribution in [0.5, 0.6) is 0 Å². The SMILES string of the molecule is CN=C(NCCC1CCCCC1)NC(C)C.I. The first-order valence-electron chi connectivity index (χ1n) is 6.69. The number of nitrogens with zero attached hydrogens (tertiary/aromatic N) is 1. The summed E-state index contributed by atoms with van der Waals surface area (Å²) in [6, 6.07) is 0.445. The van der Waals surface area contributed by atoms with Crippen molar-refractivity contribution in [3.05, 3.63) is 0 Å². The summed E-state index contributed by atoms with van der Waals surface area (Å²) in [6.45, 7) is 5.32. The largest absolute Gasteiger partial charge is 0.356 e. The quantitative estimate of drug-likeness (QED) is 0.463. The second-order valence-electron chi connectivity index (χ2n) is 5.09. The Bertz CT molecular complexity index is 211. The molecule has 102 valence electrons. The van der Waals surface area contributed by atoms with Gasteiger partial charge in [0.15, 0.2) is 5.96 Å². The molecule has 1 aliphatic rings. The first-order chi connectivity index (χ1) is 7.72. The van der Waals surface area contributed by atoms with Gasteiger partial charge in [-0.15, -0.1) is 24.0 Å². The summed E-state index contributed by atoms with van der Waals surface area (Å²) in [5, 5.41) is 6.69. The predicted octanol–water partition coefficient (Wildman–Crippen LogP) is 3.15. The molecule has 0 aromatic heterocycles. The fourth-order valence-electron chi connectivity index (χ4n) is 2.34. The molecule has 17 heavy (non-hydrogen) atoms. The third-order valence-corrected chi connectivity index (χ3v) is 3.22. The van der Waals surface area contributed by atoms with Gasteiger partial charge in [0.1, 0.15) is 0 Å². The Hall–Kier alpha value is 0. The maximum Gasteiger partial charge on any atom is 0.191 e. The second kappa shape index (κ2) is 9.97. The smallest absolute Gasteiger partial charge is 0.191 e. The van der Waals surface area contributed by atoms with Crippen LogP contribution in [0.15, 0.2) is 4.99 Å². The molecule has 0 atom stereocenters. The van der Waals surface area contributed by atoms with Crippen LogP contribution in [0.3, 0.4) is 0 Å². The molecular weight excluding hydrogens is 325 g/mol. The van der Waals surface area contributed by atoms with Gasteiger partial charge >= 0.3 is 0 Å². The lowest BCUT2D eigenvalue weighted by Crippen LogP contribution is -2.41. The Kier molecular flexibility index (Phi) is 9.97. The van der Waals surface area contributed by atoms with Crippen LogP contribution in [0.25, 0.3) is 0 Å². The van der Waals surface area contributed by atoms with Crippen LogP contribution >= 0.6 is 24.0 Å².